The number of halogens is 1. The first-order chi connectivity index (χ1) is 12.0. The van der Waals surface area contributed by atoms with Crippen molar-refractivity contribution >= 4 is 40.9 Å². The highest BCUT2D eigenvalue weighted by Crippen LogP contribution is 2.28. The Morgan fingerprint density at radius 3 is 2.56 bits per heavy atom. The lowest BCUT2D eigenvalue weighted by Crippen LogP contribution is -2.23. The van der Waals surface area contributed by atoms with E-state index in [1.807, 2.05) is 19.1 Å². The number of anilines is 1. The third-order valence-electron chi connectivity index (χ3n) is 3.25. The van der Waals surface area contributed by atoms with Crippen molar-refractivity contribution in [2.24, 2.45) is 5.73 Å². The molecule has 132 valence electrons. The summed E-state index contributed by atoms with van der Waals surface area (Å²) in [6.07, 6.45) is 0.116. The lowest BCUT2D eigenvalue weighted by molar-refractivity contribution is -0.118. The van der Waals surface area contributed by atoms with Crippen LogP contribution in [0.1, 0.15) is 13.3 Å². The Morgan fingerprint density at radius 1 is 1.20 bits per heavy atom. The first-order valence-electron chi connectivity index (χ1n) is 7.69. The number of carbonyl (C=O) groups excluding carboxylic acids is 2. The Kier molecular flexibility index (Phi) is 7.16. The Balaban J connectivity index is 1.97. The van der Waals surface area contributed by atoms with Gasteiger partial charge in [0.1, 0.15) is 5.75 Å². The van der Waals surface area contributed by atoms with Gasteiger partial charge in [-0.05, 0) is 43.3 Å². The molecule has 0 aromatic heterocycles. The lowest BCUT2D eigenvalue weighted by Gasteiger charge is -2.15. The highest BCUT2D eigenvalue weighted by molar-refractivity contribution is 8.00. The molecule has 0 spiro atoms. The number of hydrogen-bond acceptors (Lipinski definition) is 4. The van der Waals surface area contributed by atoms with Crippen LogP contribution in [0.15, 0.2) is 53.4 Å². The van der Waals surface area contributed by atoms with Gasteiger partial charge in [-0.1, -0.05) is 23.7 Å². The summed E-state index contributed by atoms with van der Waals surface area (Å²) in [4.78, 5) is 24.2. The Hall–Kier alpha value is -2.18. The van der Waals surface area contributed by atoms with E-state index in [-0.39, 0.29) is 24.2 Å². The van der Waals surface area contributed by atoms with Crippen molar-refractivity contribution in [2.45, 2.75) is 23.5 Å². The molecule has 2 aromatic rings. The van der Waals surface area contributed by atoms with Gasteiger partial charge < -0.3 is 15.8 Å². The summed E-state index contributed by atoms with van der Waals surface area (Å²) in [6, 6.07) is 14.4. The van der Waals surface area contributed by atoms with E-state index < -0.39 is 5.91 Å². The number of thioether (sulfide) groups is 1. The van der Waals surface area contributed by atoms with Crippen LogP contribution < -0.4 is 15.8 Å². The van der Waals surface area contributed by atoms with Crippen molar-refractivity contribution in [2.75, 3.05) is 11.9 Å². The molecule has 1 unspecified atom stereocenters. The summed E-state index contributed by atoms with van der Waals surface area (Å²) in [5.41, 5.74) is 5.65. The van der Waals surface area contributed by atoms with Gasteiger partial charge in [0.25, 0.3) is 0 Å². The summed E-state index contributed by atoms with van der Waals surface area (Å²) < 4.78 is 5.52. The van der Waals surface area contributed by atoms with Crippen molar-refractivity contribution in [3.05, 3.63) is 53.6 Å². The maximum absolute atomic E-state index is 12.4. The number of nitrogens with one attached hydrogen (secondary N) is 1. The molecule has 0 aliphatic rings. The summed E-state index contributed by atoms with van der Waals surface area (Å²) in [6.45, 7) is 1.99. The number of nitrogens with two attached hydrogens (primary N) is 1. The number of primary amides is 1. The van der Waals surface area contributed by atoms with Gasteiger partial charge >= 0.3 is 0 Å². The first kappa shape index (κ1) is 19.1. The highest BCUT2D eigenvalue weighted by Gasteiger charge is 2.16. The van der Waals surface area contributed by atoms with Gasteiger partial charge in [0.05, 0.1) is 24.0 Å². The molecule has 1 atom stereocenters. The average Bonchev–Trinajstić information content (AvgIpc) is 2.58. The fourth-order valence-corrected chi connectivity index (χ4v) is 2.96. The highest BCUT2D eigenvalue weighted by atomic mass is 35.5. The van der Waals surface area contributed by atoms with Crippen LogP contribution in [0.4, 0.5) is 5.69 Å². The molecule has 2 amide bonds. The van der Waals surface area contributed by atoms with Gasteiger partial charge in [-0.2, -0.15) is 0 Å². The van der Waals surface area contributed by atoms with Crippen molar-refractivity contribution < 1.29 is 14.3 Å². The number of hydrogen-bond donors (Lipinski definition) is 2. The number of amides is 2. The van der Waals surface area contributed by atoms with E-state index >= 15 is 0 Å². The van der Waals surface area contributed by atoms with Crippen molar-refractivity contribution in [3.63, 3.8) is 0 Å². The van der Waals surface area contributed by atoms with E-state index in [0.29, 0.717) is 16.5 Å². The lowest BCUT2D eigenvalue weighted by atomic mass is 10.3. The van der Waals surface area contributed by atoms with Crippen molar-refractivity contribution in [1.29, 1.82) is 0 Å². The third kappa shape index (κ3) is 6.32. The quantitative estimate of drug-likeness (QED) is 0.686. The fourth-order valence-electron chi connectivity index (χ4n) is 1.96. The predicted octanol–water partition coefficient (Wildman–Crippen LogP) is 3.71. The van der Waals surface area contributed by atoms with E-state index in [2.05, 4.69) is 5.32 Å². The molecule has 0 fully saturated rings. The van der Waals surface area contributed by atoms with Crippen LogP contribution in [0.25, 0.3) is 0 Å². The van der Waals surface area contributed by atoms with Gasteiger partial charge in [0, 0.05) is 9.92 Å². The van der Waals surface area contributed by atoms with E-state index in [9.17, 15) is 9.59 Å². The van der Waals surface area contributed by atoms with Crippen LogP contribution in [-0.2, 0) is 9.59 Å². The van der Waals surface area contributed by atoms with Gasteiger partial charge in [-0.3, -0.25) is 9.59 Å². The molecular formula is C18H19ClN2O3S. The summed E-state index contributed by atoms with van der Waals surface area (Å²) in [5, 5.41) is 3.20. The summed E-state index contributed by atoms with van der Waals surface area (Å²) >= 11 is 7.30. The average molecular weight is 379 g/mol. The minimum absolute atomic E-state index is 0.116. The SMILES string of the molecule is CC(Sc1ccc(Cl)cc1)C(=O)Nc1ccccc1OCCC(N)=O. The minimum atomic E-state index is -0.436. The fraction of sp³-hybridized carbons (Fsp3) is 0.222. The molecule has 2 rings (SSSR count). The minimum Gasteiger partial charge on any atom is -0.491 e. The van der Waals surface area contributed by atoms with Crippen LogP contribution >= 0.6 is 23.4 Å². The number of para-hydroxylation sites is 2. The normalized spacial score (nSPS) is 11.6. The smallest absolute Gasteiger partial charge is 0.237 e. The molecule has 25 heavy (non-hydrogen) atoms. The van der Waals surface area contributed by atoms with Gasteiger partial charge in [0.15, 0.2) is 0 Å². The molecule has 0 heterocycles. The molecule has 0 aliphatic heterocycles. The Morgan fingerprint density at radius 2 is 1.88 bits per heavy atom. The van der Waals surface area contributed by atoms with Gasteiger partial charge in [-0.15, -0.1) is 11.8 Å². The van der Waals surface area contributed by atoms with Crippen molar-refractivity contribution in [1.82, 2.24) is 0 Å². The number of benzene rings is 2. The molecule has 0 saturated carbocycles. The first-order valence-corrected chi connectivity index (χ1v) is 8.94. The Bertz CT molecular complexity index is 737. The summed E-state index contributed by atoms with van der Waals surface area (Å²) in [5.74, 6) is -0.0822. The zero-order chi connectivity index (χ0) is 18.2. The molecule has 3 N–H and O–H groups in total. The van der Waals surface area contributed by atoms with E-state index in [4.69, 9.17) is 22.1 Å². The molecule has 5 nitrogen and oxygen atoms in total. The molecule has 0 radical (unpaired) electrons. The maximum atomic E-state index is 12.4. The van der Waals surface area contributed by atoms with E-state index in [1.165, 1.54) is 11.8 Å². The van der Waals surface area contributed by atoms with Crippen LogP contribution in [0, 0.1) is 0 Å². The van der Waals surface area contributed by atoms with Crippen LogP contribution in [0.5, 0.6) is 5.75 Å². The number of carbonyl (C=O) groups is 2. The molecule has 0 saturated heterocycles. The molecule has 0 bridgehead atoms. The third-order valence-corrected chi connectivity index (χ3v) is 4.61. The predicted molar refractivity (Wildman–Crippen MR) is 101 cm³/mol. The van der Waals surface area contributed by atoms with Crippen LogP contribution in [0.3, 0.4) is 0 Å². The second kappa shape index (κ2) is 9.34. The zero-order valence-corrected chi connectivity index (χ0v) is 15.3. The molecule has 7 heteroatoms. The van der Waals surface area contributed by atoms with E-state index in [1.54, 1.807) is 36.4 Å². The summed E-state index contributed by atoms with van der Waals surface area (Å²) in [7, 11) is 0. The molecule has 0 aliphatic carbocycles. The van der Waals surface area contributed by atoms with Crippen LogP contribution in [0.2, 0.25) is 5.02 Å². The largest absolute Gasteiger partial charge is 0.491 e. The Labute approximate surface area is 155 Å². The van der Waals surface area contributed by atoms with Crippen LogP contribution in [-0.4, -0.2) is 23.7 Å². The number of rotatable bonds is 8. The molecule has 2 aromatic carbocycles. The van der Waals surface area contributed by atoms with Crippen molar-refractivity contribution in [3.8, 4) is 5.75 Å². The van der Waals surface area contributed by atoms with Gasteiger partial charge in [0.2, 0.25) is 11.8 Å². The zero-order valence-electron chi connectivity index (χ0n) is 13.7. The van der Waals surface area contributed by atoms with E-state index in [0.717, 1.165) is 4.90 Å². The topological polar surface area (TPSA) is 81.4 Å². The second-order valence-corrected chi connectivity index (χ2v) is 7.11. The van der Waals surface area contributed by atoms with Gasteiger partial charge in [-0.25, -0.2) is 0 Å². The molecular weight excluding hydrogens is 360 g/mol. The standard InChI is InChI=1S/C18H19ClN2O3S/c1-12(25-14-8-6-13(19)7-9-14)18(23)21-15-4-2-3-5-16(15)24-11-10-17(20)22/h2-9,12H,10-11H2,1H3,(H2,20,22)(H,21,23). The second-order valence-electron chi connectivity index (χ2n) is 5.26. The monoisotopic (exact) mass is 378 g/mol. The maximum Gasteiger partial charge on any atom is 0.237 e. The number of ether oxygens (including phenoxy) is 1.